The minimum Gasteiger partial charge on any atom is -0.394 e. The first-order valence-corrected chi connectivity index (χ1v) is 20.6. The van der Waals surface area contributed by atoms with E-state index in [0.717, 1.165) is 51.4 Å². The van der Waals surface area contributed by atoms with E-state index < -0.39 is 43.4 Å². The molecule has 12 heteroatoms. The molecule has 51 heavy (non-hydrogen) atoms. The third-order valence-corrected chi connectivity index (χ3v) is 11.5. The van der Waals surface area contributed by atoms with Gasteiger partial charge in [-0.2, -0.15) is 0 Å². The third-order valence-electron chi connectivity index (χ3n) is 11.5. The topological polar surface area (TPSA) is 155 Å². The Morgan fingerprint density at radius 3 is 1.12 bits per heavy atom. The Bertz CT molecular complexity index is 791. The largest absolute Gasteiger partial charge is 0.394 e. The molecule has 4 aliphatic carbocycles. The molecular formula is C39H70O12. The van der Waals surface area contributed by atoms with Crippen molar-refractivity contribution in [3.8, 4) is 0 Å². The van der Waals surface area contributed by atoms with Crippen molar-refractivity contribution < 1.29 is 58.3 Å². The minimum atomic E-state index is -1.55. The van der Waals surface area contributed by atoms with Gasteiger partial charge in [0, 0.05) is 0 Å². The molecule has 5 rings (SSSR count). The summed E-state index contributed by atoms with van der Waals surface area (Å²) in [6.07, 6.45) is 15.4. The standard InChI is InChI=1S/C39H70O12/c40-21-35-36(41)37(42)38(43)39(51-35)50-34(26-48-32(22-44-28-13-5-1-6-14-28)23-45-29-15-7-2-8-16-29)27-49-33(24-46-30-17-9-3-10-18-30)25-47-31-19-11-4-12-20-31/h28-43H,1-27H2/t35-,36+,37+,38-,39-/m1/s1. The lowest BCUT2D eigenvalue weighted by Gasteiger charge is -2.41. The van der Waals surface area contributed by atoms with Gasteiger partial charge in [-0.3, -0.25) is 0 Å². The van der Waals surface area contributed by atoms with Crippen LogP contribution in [-0.4, -0.2) is 140 Å². The number of aliphatic hydroxyl groups excluding tert-OH is 4. The monoisotopic (exact) mass is 730 g/mol. The highest BCUT2D eigenvalue weighted by Crippen LogP contribution is 2.26. The maximum atomic E-state index is 10.8. The van der Waals surface area contributed by atoms with Crippen molar-refractivity contribution in [3.63, 3.8) is 0 Å². The van der Waals surface area contributed by atoms with E-state index in [1.165, 1.54) is 77.0 Å². The number of ether oxygens (including phenoxy) is 8. The van der Waals surface area contributed by atoms with Crippen LogP contribution in [0.1, 0.15) is 128 Å². The van der Waals surface area contributed by atoms with E-state index in [-0.39, 0.29) is 49.8 Å². The van der Waals surface area contributed by atoms with E-state index in [4.69, 9.17) is 37.9 Å². The smallest absolute Gasteiger partial charge is 0.187 e. The van der Waals surface area contributed by atoms with E-state index in [1.54, 1.807) is 0 Å². The number of aliphatic hydroxyl groups is 4. The molecule has 0 radical (unpaired) electrons. The van der Waals surface area contributed by atoms with Crippen molar-refractivity contribution in [2.75, 3.05) is 46.2 Å². The van der Waals surface area contributed by atoms with Gasteiger partial charge in [0.1, 0.15) is 42.7 Å². The van der Waals surface area contributed by atoms with Gasteiger partial charge in [-0.05, 0) is 51.4 Å². The van der Waals surface area contributed by atoms with Crippen LogP contribution in [0.5, 0.6) is 0 Å². The summed E-state index contributed by atoms with van der Waals surface area (Å²) >= 11 is 0. The first-order valence-electron chi connectivity index (χ1n) is 20.6. The molecule has 1 saturated heterocycles. The molecule has 4 saturated carbocycles. The van der Waals surface area contributed by atoms with Gasteiger partial charge in [0.2, 0.25) is 0 Å². The van der Waals surface area contributed by atoms with Crippen molar-refractivity contribution in [3.05, 3.63) is 0 Å². The zero-order valence-electron chi connectivity index (χ0n) is 31.1. The highest BCUT2D eigenvalue weighted by molar-refractivity contribution is 4.89. The lowest BCUT2D eigenvalue weighted by atomic mass is 9.97. The lowest BCUT2D eigenvalue weighted by molar-refractivity contribution is -0.318. The Labute approximate surface area is 306 Å². The Hall–Kier alpha value is -0.480. The van der Waals surface area contributed by atoms with Crippen LogP contribution in [0.15, 0.2) is 0 Å². The number of rotatable bonds is 21. The summed E-state index contributed by atoms with van der Waals surface area (Å²) in [4.78, 5) is 0. The summed E-state index contributed by atoms with van der Waals surface area (Å²) in [5, 5.41) is 41.5. The molecule has 0 aromatic carbocycles. The van der Waals surface area contributed by atoms with Gasteiger partial charge in [-0.25, -0.2) is 0 Å². The van der Waals surface area contributed by atoms with Crippen LogP contribution in [0.2, 0.25) is 0 Å². The van der Waals surface area contributed by atoms with Crippen LogP contribution in [0.4, 0.5) is 0 Å². The Morgan fingerprint density at radius 1 is 0.431 bits per heavy atom. The second kappa shape index (κ2) is 23.4. The molecular weight excluding hydrogens is 660 g/mol. The molecule has 0 bridgehead atoms. The SMILES string of the molecule is OC[C@H]1O[C@@H](OC(COC(COC2CCCCC2)COC2CCCCC2)COC(COC2CCCCC2)COC2CCCCC2)[C@H](O)[C@@H](O)[C@H]1O. The molecule has 5 aliphatic rings. The Kier molecular flexibility index (Phi) is 19.2. The maximum Gasteiger partial charge on any atom is 0.187 e. The highest BCUT2D eigenvalue weighted by atomic mass is 16.7. The summed E-state index contributed by atoms with van der Waals surface area (Å²) < 4.78 is 50.4. The highest BCUT2D eigenvalue weighted by Gasteiger charge is 2.45. The van der Waals surface area contributed by atoms with Gasteiger partial charge >= 0.3 is 0 Å². The van der Waals surface area contributed by atoms with Crippen LogP contribution in [-0.2, 0) is 37.9 Å². The molecule has 298 valence electrons. The predicted octanol–water partition coefficient (Wildman–Crippen LogP) is 4.34. The quantitative estimate of drug-likeness (QED) is 0.133. The molecule has 1 aliphatic heterocycles. The molecule has 5 atom stereocenters. The molecule has 1 heterocycles. The Balaban J connectivity index is 1.23. The molecule has 0 unspecified atom stereocenters. The molecule has 0 spiro atoms. The van der Waals surface area contributed by atoms with Gasteiger partial charge in [0.25, 0.3) is 0 Å². The van der Waals surface area contributed by atoms with Gasteiger partial charge < -0.3 is 58.3 Å². The third kappa shape index (κ3) is 14.6. The Morgan fingerprint density at radius 2 is 0.784 bits per heavy atom. The van der Waals surface area contributed by atoms with Crippen LogP contribution < -0.4 is 0 Å². The van der Waals surface area contributed by atoms with Crippen LogP contribution in [0, 0.1) is 0 Å². The molecule has 0 aromatic heterocycles. The molecule has 12 nitrogen and oxygen atoms in total. The van der Waals surface area contributed by atoms with Crippen LogP contribution in [0.3, 0.4) is 0 Å². The van der Waals surface area contributed by atoms with Gasteiger partial charge in [0.15, 0.2) is 6.29 Å². The van der Waals surface area contributed by atoms with E-state index in [1.807, 2.05) is 0 Å². The zero-order valence-corrected chi connectivity index (χ0v) is 31.1. The number of hydrogen-bond donors (Lipinski definition) is 4. The van der Waals surface area contributed by atoms with E-state index in [9.17, 15) is 20.4 Å². The summed E-state index contributed by atoms with van der Waals surface area (Å²) in [7, 11) is 0. The fourth-order valence-corrected chi connectivity index (χ4v) is 8.17. The second-order valence-electron chi connectivity index (χ2n) is 15.7. The first-order chi connectivity index (χ1) is 25.0. The summed E-state index contributed by atoms with van der Waals surface area (Å²) in [6.45, 7) is 1.23. The second-order valence-corrected chi connectivity index (χ2v) is 15.7. The van der Waals surface area contributed by atoms with Gasteiger partial charge in [0.05, 0.1) is 70.7 Å². The van der Waals surface area contributed by atoms with Crippen molar-refractivity contribution in [1.29, 1.82) is 0 Å². The average molecular weight is 731 g/mol. The summed E-state index contributed by atoms with van der Waals surface area (Å²) in [5.41, 5.74) is 0. The van der Waals surface area contributed by atoms with Gasteiger partial charge in [-0.1, -0.05) is 77.0 Å². The summed E-state index contributed by atoms with van der Waals surface area (Å²) in [5.74, 6) is 0. The van der Waals surface area contributed by atoms with Crippen molar-refractivity contribution in [2.45, 2.75) is 202 Å². The van der Waals surface area contributed by atoms with Crippen molar-refractivity contribution in [2.24, 2.45) is 0 Å². The average Bonchev–Trinajstić information content (AvgIpc) is 3.18. The summed E-state index contributed by atoms with van der Waals surface area (Å²) in [6, 6.07) is 0. The van der Waals surface area contributed by atoms with Crippen molar-refractivity contribution >= 4 is 0 Å². The number of hydrogen-bond acceptors (Lipinski definition) is 12. The maximum absolute atomic E-state index is 10.8. The van der Waals surface area contributed by atoms with E-state index >= 15 is 0 Å². The van der Waals surface area contributed by atoms with Crippen LogP contribution >= 0.6 is 0 Å². The zero-order chi connectivity index (χ0) is 35.7. The predicted molar refractivity (Wildman–Crippen MR) is 189 cm³/mol. The van der Waals surface area contributed by atoms with Crippen molar-refractivity contribution in [1.82, 2.24) is 0 Å². The van der Waals surface area contributed by atoms with Crippen LogP contribution in [0.25, 0.3) is 0 Å². The minimum absolute atomic E-state index is 0.0847. The fourth-order valence-electron chi connectivity index (χ4n) is 8.17. The normalized spacial score (nSPS) is 29.8. The van der Waals surface area contributed by atoms with E-state index in [0.29, 0.717) is 26.4 Å². The van der Waals surface area contributed by atoms with Gasteiger partial charge in [-0.15, -0.1) is 0 Å². The lowest BCUT2D eigenvalue weighted by Crippen LogP contribution is -2.60. The molecule has 0 amide bonds. The van der Waals surface area contributed by atoms with E-state index in [2.05, 4.69) is 0 Å². The fraction of sp³-hybridized carbons (Fsp3) is 1.00. The molecule has 0 aromatic rings. The molecule has 5 fully saturated rings. The molecule has 4 N–H and O–H groups in total. The first kappa shape index (κ1) is 41.7.